The average Bonchev–Trinajstić information content (AvgIpc) is 2.09. The molecule has 0 amide bonds. The summed E-state index contributed by atoms with van der Waals surface area (Å²) in [5.74, 6) is 0. The predicted octanol–water partition coefficient (Wildman–Crippen LogP) is 0.115. The van der Waals surface area contributed by atoms with Crippen molar-refractivity contribution in [3.63, 3.8) is 0 Å². The molecule has 2 aliphatic heterocycles. The van der Waals surface area contributed by atoms with Crippen LogP contribution in [-0.4, -0.2) is 37.4 Å². The average molecular weight is 170 g/mol. The smallest absolute Gasteiger partial charge is 0.0621 e. The van der Waals surface area contributed by atoms with E-state index in [0.29, 0.717) is 12.1 Å². The minimum absolute atomic E-state index is 0.215. The quantitative estimate of drug-likeness (QED) is 0.541. The van der Waals surface area contributed by atoms with Crippen molar-refractivity contribution < 1.29 is 4.74 Å². The van der Waals surface area contributed by atoms with Gasteiger partial charge in [0.1, 0.15) is 0 Å². The minimum atomic E-state index is 0.215. The Hall–Kier alpha value is -0.120. The fourth-order valence-corrected chi connectivity index (χ4v) is 2.08. The van der Waals surface area contributed by atoms with E-state index in [1.165, 1.54) is 6.42 Å². The molecule has 3 heteroatoms. The van der Waals surface area contributed by atoms with Crippen LogP contribution in [-0.2, 0) is 4.74 Å². The normalized spacial score (nSPS) is 40.5. The van der Waals surface area contributed by atoms with Crippen LogP contribution in [0.5, 0.6) is 0 Å². The Balaban J connectivity index is 2.05. The zero-order chi connectivity index (χ0) is 8.60. The van der Waals surface area contributed by atoms with Crippen molar-refractivity contribution in [3.8, 4) is 0 Å². The molecule has 2 aliphatic rings. The van der Waals surface area contributed by atoms with Gasteiger partial charge in [-0.3, -0.25) is 0 Å². The first-order chi connectivity index (χ1) is 5.66. The highest BCUT2D eigenvalue weighted by molar-refractivity contribution is 4.93. The Morgan fingerprint density at radius 2 is 2.00 bits per heavy atom. The lowest BCUT2D eigenvalue weighted by Gasteiger charge is -2.29. The van der Waals surface area contributed by atoms with Crippen molar-refractivity contribution in [2.45, 2.75) is 37.9 Å². The number of hydrogen-bond donors (Lipinski definition) is 2. The molecule has 2 N–H and O–H groups in total. The van der Waals surface area contributed by atoms with E-state index in [4.69, 9.17) is 4.74 Å². The van der Waals surface area contributed by atoms with Gasteiger partial charge in [-0.25, -0.2) is 0 Å². The second-order valence-electron chi connectivity index (χ2n) is 4.58. The Kier molecular flexibility index (Phi) is 2.10. The van der Waals surface area contributed by atoms with E-state index in [1.54, 1.807) is 0 Å². The number of nitrogens with one attached hydrogen (secondary N) is 2. The molecule has 3 nitrogen and oxygen atoms in total. The van der Waals surface area contributed by atoms with Crippen molar-refractivity contribution >= 4 is 0 Å². The van der Waals surface area contributed by atoms with E-state index in [0.717, 1.165) is 19.8 Å². The third-order valence-electron chi connectivity index (χ3n) is 2.63. The molecule has 0 radical (unpaired) electrons. The largest absolute Gasteiger partial charge is 0.378 e. The maximum atomic E-state index is 5.48. The van der Waals surface area contributed by atoms with Crippen molar-refractivity contribution in [1.29, 1.82) is 0 Å². The van der Waals surface area contributed by atoms with Crippen LogP contribution in [0.3, 0.4) is 0 Å². The first-order valence-electron chi connectivity index (χ1n) is 4.74. The lowest BCUT2D eigenvalue weighted by Crippen LogP contribution is -2.50. The number of rotatable bonds is 0. The van der Waals surface area contributed by atoms with Gasteiger partial charge in [0.25, 0.3) is 0 Å². The molecule has 2 atom stereocenters. The van der Waals surface area contributed by atoms with Gasteiger partial charge < -0.3 is 15.4 Å². The predicted molar refractivity (Wildman–Crippen MR) is 48.2 cm³/mol. The van der Waals surface area contributed by atoms with Crippen LogP contribution in [0.15, 0.2) is 0 Å². The van der Waals surface area contributed by atoms with Crippen LogP contribution in [0.1, 0.15) is 20.3 Å². The summed E-state index contributed by atoms with van der Waals surface area (Å²) in [6, 6.07) is 1.12. The van der Waals surface area contributed by atoms with E-state index in [-0.39, 0.29) is 5.54 Å². The summed E-state index contributed by atoms with van der Waals surface area (Å²) in [5.41, 5.74) is 0.215. The van der Waals surface area contributed by atoms with E-state index in [1.807, 2.05) is 0 Å². The summed E-state index contributed by atoms with van der Waals surface area (Å²) in [4.78, 5) is 0. The first kappa shape index (κ1) is 8.48. The Labute approximate surface area is 73.9 Å². The van der Waals surface area contributed by atoms with Crippen molar-refractivity contribution in [1.82, 2.24) is 10.6 Å². The highest BCUT2D eigenvalue weighted by Gasteiger charge is 2.31. The number of fused-ring (bicyclic) bond motifs is 2. The number of ether oxygens (including phenoxy) is 1. The topological polar surface area (TPSA) is 33.3 Å². The summed E-state index contributed by atoms with van der Waals surface area (Å²) in [5, 5.41) is 7.11. The molecule has 0 spiro atoms. The van der Waals surface area contributed by atoms with Crippen molar-refractivity contribution in [2.75, 3.05) is 19.8 Å². The molecule has 2 heterocycles. The lowest BCUT2D eigenvalue weighted by molar-refractivity contribution is 0.0524. The SMILES string of the molecule is CC1(C)CN[C@H]2COC[C@@H](C2)N1. The Bertz CT molecular complexity index is 170. The van der Waals surface area contributed by atoms with Crippen LogP contribution < -0.4 is 10.6 Å². The van der Waals surface area contributed by atoms with Gasteiger partial charge in [-0.2, -0.15) is 0 Å². The highest BCUT2D eigenvalue weighted by atomic mass is 16.5. The van der Waals surface area contributed by atoms with Gasteiger partial charge in [-0.05, 0) is 20.3 Å². The number of hydrogen-bond acceptors (Lipinski definition) is 3. The van der Waals surface area contributed by atoms with Crippen LogP contribution in [0, 0.1) is 0 Å². The fraction of sp³-hybridized carbons (Fsp3) is 1.00. The molecule has 12 heavy (non-hydrogen) atoms. The second-order valence-corrected chi connectivity index (χ2v) is 4.58. The zero-order valence-corrected chi connectivity index (χ0v) is 7.89. The standard InChI is InChI=1S/C9H18N2O/c1-9(2)6-10-7-3-8(11-9)5-12-4-7/h7-8,10-11H,3-6H2,1-2H3/t7-,8-/m1/s1. The summed E-state index contributed by atoms with van der Waals surface area (Å²) in [6.07, 6.45) is 1.21. The van der Waals surface area contributed by atoms with E-state index in [9.17, 15) is 0 Å². The van der Waals surface area contributed by atoms with Crippen molar-refractivity contribution in [2.24, 2.45) is 0 Å². The van der Waals surface area contributed by atoms with Crippen LogP contribution in [0.25, 0.3) is 0 Å². The Morgan fingerprint density at radius 1 is 1.25 bits per heavy atom. The molecular weight excluding hydrogens is 152 g/mol. The molecule has 0 aliphatic carbocycles. The van der Waals surface area contributed by atoms with Crippen LogP contribution in [0.2, 0.25) is 0 Å². The molecule has 2 fully saturated rings. The van der Waals surface area contributed by atoms with E-state index in [2.05, 4.69) is 24.5 Å². The van der Waals surface area contributed by atoms with Gasteiger partial charge in [-0.15, -0.1) is 0 Å². The van der Waals surface area contributed by atoms with E-state index >= 15 is 0 Å². The fourth-order valence-electron chi connectivity index (χ4n) is 2.08. The first-order valence-corrected chi connectivity index (χ1v) is 4.74. The molecule has 0 unspecified atom stereocenters. The van der Waals surface area contributed by atoms with Crippen LogP contribution >= 0.6 is 0 Å². The van der Waals surface area contributed by atoms with Gasteiger partial charge >= 0.3 is 0 Å². The van der Waals surface area contributed by atoms with Gasteiger partial charge in [-0.1, -0.05) is 0 Å². The molecule has 2 rings (SSSR count). The maximum Gasteiger partial charge on any atom is 0.0621 e. The lowest BCUT2D eigenvalue weighted by atomic mass is 10.0. The molecule has 0 aromatic carbocycles. The molecule has 70 valence electrons. The Morgan fingerprint density at radius 3 is 2.83 bits per heavy atom. The molecule has 0 aromatic rings. The van der Waals surface area contributed by atoms with Gasteiger partial charge in [0.2, 0.25) is 0 Å². The third kappa shape index (κ3) is 1.79. The second kappa shape index (κ2) is 2.98. The van der Waals surface area contributed by atoms with E-state index < -0.39 is 0 Å². The van der Waals surface area contributed by atoms with Gasteiger partial charge in [0, 0.05) is 24.2 Å². The minimum Gasteiger partial charge on any atom is -0.378 e. The van der Waals surface area contributed by atoms with Crippen molar-refractivity contribution in [3.05, 3.63) is 0 Å². The molecule has 2 bridgehead atoms. The molecule has 0 saturated carbocycles. The zero-order valence-electron chi connectivity index (χ0n) is 7.89. The molecular formula is C9H18N2O. The molecule has 0 aromatic heterocycles. The highest BCUT2D eigenvalue weighted by Crippen LogP contribution is 2.15. The summed E-state index contributed by atoms with van der Waals surface area (Å²) in [7, 11) is 0. The van der Waals surface area contributed by atoms with Gasteiger partial charge in [0.05, 0.1) is 13.2 Å². The monoisotopic (exact) mass is 170 g/mol. The maximum absolute atomic E-state index is 5.48. The molecule has 2 saturated heterocycles. The third-order valence-corrected chi connectivity index (χ3v) is 2.63. The van der Waals surface area contributed by atoms with Crippen LogP contribution in [0.4, 0.5) is 0 Å². The van der Waals surface area contributed by atoms with Gasteiger partial charge in [0.15, 0.2) is 0 Å². The summed E-state index contributed by atoms with van der Waals surface area (Å²) in [6.45, 7) is 7.27. The summed E-state index contributed by atoms with van der Waals surface area (Å²) >= 11 is 0. The summed E-state index contributed by atoms with van der Waals surface area (Å²) < 4.78 is 5.48.